The van der Waals surface area contributed by atoms with Gasteiger partial charge in [-0.1, -0.05) is 43.3 Å². The molecule has 2 nitrogen and oxygen atoms in total. The van der Waals surface area contributed by atoms with Crippen molar-refractivity contribution < 1.29 is 8.78 Å². The first kappa shape index (κ1) is 19.5. The van der Waals surface area contributed by atoms with Crippen molar-refractivity contribution >= 4 is 0 Å². The van der Waals surface area contributed by atoms with E-state index >= 15 is 0 Å². The quantitative estimate of drug-likeness (QED) is 0.589. The fourth-order valence-corrected chi connectivity index (χ4v) is 3.92. The van der Waals surface area contributed by atoms with Crippen LogP contribution in [0.3, 0.4) is 0 Å². The van der Waals surface area contributed by atoms with Crippen molar-refractivity contribution in [1.82, 2.24) is 4.90 Å². The number of hydrogen-bond acceptors (Lipinski definition) is 2. The first-order valence-corrected chi connectivity index (χ1v) is 9.72. The van der Waals surface area contributed by atoms with Crippen molar-refractivity contribution in [2.24, 2.45) is 5.92 Å². The van der Waals surface area contributed by atoms with E-state index in [9.17, 15) is 14.0 Å². The zero-order valence-electron chi connectivity index (χ0n) is 15.8. The van der Waals surface area contributed by atoms with Gasteiger partial charge in [-0.05, 0) is 68.0 Å². The highest BCUT2D eigenvalue weighted by molar-refractivity contribution is 5.36. The molecule has 0 aliphatic heterocycles. The third-order valence-corrected chi connectivity index (χ3v) is 5.65. The van der Waals surface area contributed by atoms with E-state index in [0.717, 1.165) is 45.0 Å². The zero-order chi connectivity index (χ0) is 19.3. The van der Waals surface area contributed by atoms with E-state index < -0.39 is 17.0 Å². The lowest BCUT2D eigenvalue weighted by molar-refractivity contribution is 0.261. The van der Waals surface area contributed by atoms with E-state index in [2.05, 4.69) is 30.0 Å². The van der Waals surface area contributed by atoms with Gasteiger partial charge in [0.05, 0.1) is 11.5 Å². The Morgan fingerprint density at radius 3 is 2.44 bits per heavy atom. The minimum absolute atomic E-state index is 0.247. The summed E-state index contributed by atoms with van der Waals surface area (Å²) in [7, 11) is 0. The number of nitrogens with zero attached hydrogens (tertiary/aromatic N) is 2. The predicted octanol–water partition coefficient (Wildman–Crippen LogP) is 5.44. The minimum Gasteiger partial charge on any atom is -0.299 e. The molecule has 1 aliphatic carbocycles. The molecule has 3 rings (SSSR count). The van der Waals surface area contributed by atoms with Crippen molar-refractivity contribution in [3.05, 3.63) is 71.3 Å². The first-order chi connectivity index (χ1) is 13.1. The van der Waals surface area contributed by atoms with Crippen LogP contribution in [0, 0.1) is 28.9 Å². The van der Waals surface area contributed by atoms with E-state index in [-0.39, 0.29) is 5.92 Å². The van der Waals surface area contributed by atoms with Gasteiger partial charge in [0.25, 0.3) is 0 Å². The topological polar surface area (TPSA) is 27.0 Å². The molecule has 0 amide bonds. The second-order valence-corrected chi connectivity index (χ2v) is 7.44. The van der Waals surface area contributed by atoms with Gasteiger partial charge < -0.3 is 0 Å². The van der Waals surface area contributed by atoms with Gasteiger partial charge in [0, 0.05) is 6.54 Å². The Labute approximate surface area is 160 Å². The number of rotatable bonds is 9. The van der Waals surface area contributed by atoms with Gasteiger partial charge >= 0.3 is 0 Å². The third kappa shape index (κ3) is 4.54. The largest absolute Gasteiger partial charge is 0.299 e. The molecule has 1 aliphatic rings. The van der Waals surface area contributed by atoms with Crippen LogP contribution in [0.4, 0.5) is 8.78 Å². The van der Waals surface area contributed by atoms with Crippen LogP contribution in [0.15, 0.2) is 48.5 Å². The van der Waals surface area contributed by atoms with Crippen LogP contribution in [0.2, 0.25) is 0 Å². The molecule has 0 radical (unpaired) electrons. The molecule has 1 saturated carbocycles. The van der Waals surface area contributed by atoms with Crippen LogP contribution in [0.1, 0.15) is 43.7 Å². The van der Waals surface area contributed by atoms with Gasteiger partial charge in [0.15, 0.2) is 11.6 Å². The molecule has 0 saturated heterocycles. The summed E-state index contributed by atoms with van der Waals surface area (Å²) in [6.45, 7) is 4.83. The number of nitriles is 1. The normalized spacial score (nSPS) is 16.1. The van der Waals surface area contributed by atoms with E-state index in [1.165, 1.54) is 11.6 Å². The molecule has 2 aromatic rings. The standard InChI is InChI=1S/C23H26F2N2/c1-2-27(16-18-7-4-3-5-8-18)14-6-13-23(17-26,19-9-10-19)20-11-12-21(24)22(25)15-20/h3-5,7-8,11-12,15,19H,2,6,9-10,13-14,16H2,1H3. The Hall–Kier alpha value is -2.25. The van der Waals surface area contributed by atoms with Crippen LogP contribution >= 0.6 is 0 Å². The molecule has 1 fully saturated rings. The Bertz CT molecular complexity index is 796. The highest BCUT2D eigenvalue weighted by atomic mass is 19.2. The fourth-order valence-electron chi connectivity index (χ4n) is 3.92. The highest BCUT2D eigenvalue weighted by Crippen LogP contribution is 2.50. The summed E-state index contributed by atoms with van der Waals surface area (Å²) in [5, 5.41) is 9.98. The summed E-state index contributed by atoms with van der Waals surface area (Å²) in [5.74, 6) is -1.48. The maximum atomic E-state index is 13.8. The molecule has 1 unspecified atom stereocenters. The van der Waals surface area contributed by atoms with Crippen molar-refractivity contribution in [1.29, 1.82) is 5.26 Å². The number of halogens is 2. The molecule has 1 atom stereocenters. The van der Waals surface area contributed by atoms with Crippen LogP contribution in [-0.4, -0.2) is 18.0 Å². The van der Waals surface area contributed by atoms with Crippen LogP contribution in [0.25, 0.3) is 0 Å². The predicted molar refractivity (Wildman–Crippen MR) is 103 cm³/mol. The molecule has 0 N–H and O–H groups in total. The SMILES string of the molecule is CCN(CCCC(C#N)(c1ccc(F)c(F)c1)C1CC1)Cc1ccccc1. The van der Waals surface area contributed by atoms with Gasteiger partial charge in [-0.2, -0.15) is 5.26 Å². The second-order valence-electron chi connectivity index (χ2n) is 7.44. The van der Waals surface area contributed by atoms with Gasteiger partial charge in [-0.3, -0.25) is 4.90 Å². The van der Waals surface area contributed by atoms with Crippen molar-refractivity contribution in [2.45, 2.75) is 44.6 Å². The molecule has 142 valence electrons. The fraction of sp³-hybridized carbons (Fsp3) is 0.435. The number of hydrogen-bond donors (Lipinski definition) is 0. The van der Waals surface area contributed by atoms with Crippen molar-refractivity contribution in [3.8, 4) is 6.07 Å². The Morgan fingerprint density at radius 2 is 1.85 bits per heavy atom. The molecule has 0 spiro atoms. The summed E-state index contributed by atoms with van der Waals surface area (Å²) in [6.07, 6.45) is 3.48. The highest BCUT2D eigenvalue weighted by Gasteiger charge is 2.46. The molecule has 0 heterocycles. The average Bonchev–Trinajstić information content (AvgIpc) is 3.53. The summed E-state index contributed by atoms with van der Waals surface area (Å²) >= 11 is 0. The van der Waals surface area contributed by atoms with Crippen LogP contribution < -0.4 is 0 Å². The summed E-state index contributed by atoms with van der Waals surface area (Å²) in [6, 6.07) is 16.8. The minimum atomic E-state index is -0.868. The molecule has 4 heteroatoms. The Kier molecular flexibility index (Phi) is 6.23. The van der Waals surface area contributed by atoms with Gasteiger partial charge in [0.1, 0.15) is 0 Å². The molecule has 27 heavy (non-hydrogen) atoms. The maximum absolute atomic E-state index is 13.8. The third-order valence-electron chi connectivity index (χ3n) is 5.65. The average molecular weight is 368 g/mol. The lowest BCUT2D eigenvalue weighted by Crippen LogP contribution is -2.30. The van der Waals surface area contributed by atoms with E-state index in [1.54, 1.807) is 6.07 Å². The number of benzene rings is 2. The van der Waals surface area contributed by atoms with Crippen LogP contribution in [0.5, 0.6) is 0 Å². The van der Waals surface area contributed by atoms with E-state index in [0.29, 0.717) is 12.0 Å². The first-order valence-electron chi connectivity index (χ1n) is 9.72. The Morgan fingerprint density at radius 1 is 1.11 bits per heavy atom. The molecule has 0 bridgehead atoms. The van der Waals surface area contributed by atoms with Gasteiger partial charge in [0.2, 0.25) is 0 Å². The lowest BCUT2D eigenvalue weighted by atomic mass is 9.73. The summed E-state index contributed by atoms with van der Waals surface area (Å²) < 4.78 is 27.1. The second kappa shape index (κ2) is 8.63. The van der Waals surface area contributed by atoms with Gasteiger partial charge in [-0.25, -0.2) is 8.78 Å². The van der Waals surface area contributed by atoms with Gasteiger partial charge in [-0.15, -0.1) is 0 Å². The van der Waals surface area contributed by atoms with Crippen LogP contribution in [-0.2, 0) is 12.0 Å². The monoisotopic (exact) mass is 368 g/mol. The Balaban J connectivity index is 1.68. The molecule has 0 aromatic heterocycles. The van der Waals surface area contributed by atoms with Crippen molar-refractivity contribution in [3.63, 3.8) is 0 Å². The molecular formula is C23H26F2N2. The smallest absolute Gasteiger partial charge is 0.159 e. The lowest BCUT2D eigenvalue weighted by Gasteiger charge is -2.29. The molecule has 2 aromatic carbocycles. The van der Waals surface area contributed by atoms with Crippen molar-refractivity contribution in [2.75, 3.05) is 13.1 Å². The van der Waals surface area contributed by atoms with E-state index in [4.69, 9.17) is 0 Å². The maximum Gasteiger partial charge on any atom is 0.159 e. The summed E-state index contributed by atoms with van der Waals surface area (Å²) in [4.78, 5) is 2.36. The summed E-state index contributed by atoms with van der Waals surface area (Å²) in [5.41, 5.74) is 1.19. The van der Waals surface area contributed by atoms with E-state index in [1.807, 2.05) is 18.2 Å². The molecular weight excluding hydrogens is 342 g/mol. The zero-order valence-corrected chi connectivity index (χ0v) is 15.8.